The Morgan fingerprint density at radius 3 is 2.94 bits per heavy atom. The summed E-state index contributed by atoms with van der Waals surface area (Å²) in [4.78, 5) is 4.04. The molecule has 3 atom stereocenters. The van der Waals surface area contributed by atoms with Gasteiger partial charge in [-0.1, -0.05) is 13.8 Å². The van der Waals surface area contributed by atoms with Crippen molar-refractivity contribution in [1.82, 2.24) is 10.3 Å². The first-order valence-corrected chi connectivity index (χ1v) is 6.43. The van der Waals surface area contributed by atoms with E-state index in [-0.39, 0.29) is 5.41 Å². The Morgan fingerprint density at radius 2 is 2.18 bits per heavy atom. The zero-order valence-corrected chi connectivity index (χ0v) is 10.5. The molecular weight excluding hydrogens is 212 g/mol. The Morgan fingerprint density at radius 1 is 1.41 bits per heavy atom. The number of rotatable bonds is 3. The van der Waals surface area contributed by atoms with E-state index in [1.807, 2.05) is 12.4 Å². The smallest absolute Gasteiger partial charge is 0.0685 e. The van der Waals surface area contributed by atoms with Crippen molar-refractivity contribution in [3.8, 4) is 0 Å². The van der Waals surface area contributed by atoms with Crippen molar-refractivity contribution in [3.63, 3.8) is 0 Å². The summed E-state index contributed by atoms with van der Waals surface area (Å²) in [6, 6.07) is 4.73. The van der Waals surface area contributed by atoms with Crippen LogP contribution in [0.25, 0.3) is 0 Å². The first-order chi connectivity index (χ1) is 8.19. The lowest BCUT2D eigenvalue weighted by Gasteiger charge is -2.55. The maximum Gasteiger partial charge on any atom is 0.0685 e. The SMILES string of the molecule is CC1(C)C(NCc2ccncc2)C2CCOC21. The zero-order chi connectivity index (χ0) is 11.9. The minimum atomic E-state index is 0.272. The van der Waals surface area contributed by atoms with Crippen LogP contribution >= 0.6 is 0 Å². The van der Waals surface area contributed by atoms with Gasteiger partial charge in [0.25, 0.3) is 0 Å². The second-order valence-corrected chi connectivity index (χ2v) is 5.78. The number of nitrogens with zero attached hydrogens (tertiary/aromatic N) is 1. The van der Waals surface area contributed by atoms with Crippen LogP contribution in [0.3, 0.4) is 0 Å². The fraction of sp³-hybridized carbons (Fsp3) is 0.643. The standard InChI is InChI=1S/C14H20N2O/c1-14(2)12(11-5-8-17-13(11)14)16-9-10-3-6-15-7-4-10/h3-4,6-7,11-13,16H,5,8-9H2,1-2H3. The average molecular weight is 232 g/mol. The van der Waals surface area contributed by atoms with Crippen LogP contribution in [-0.2, 0) is 11.3 Å². The van der Waals surface area contributed by atoms with Crippen LogP contribution in [0.1, 0.15) is 25.8 Å². The van der Waals surface area contributed by atoms with E-state index in [4.69, 9.17) is 4.74 Å². The van der Waals surface area contributed by atoms with Crippen molar-refractivity contribution in [3.05, 3.63) is 30.1 Å². The average Bonchev–Trinajstić information content (AvgIpc) is 2.77. The van der Waals surface area contributed by atoms with Crippen molar-refractivity contribution in [2.75, 3.05) is 6.61 Å². The molecule has 3 unspecified atom stereocenters. The van der Waals surface area contributed by atoms with Gasteiger partial charge < -0.3 is 10.1 Å². The van der Waals surface area contributed by atoms with Crippen LogP contribution in [0.2, 0.25) is 0 Å². The van der Waals surface area contributed by atoms with Crippen molar-refractivity contribution in [2.24, 2.45) is 11.3 Å². The fourth-order valence-electron chi connectivity index (χ4n) is 3.47. The van der Waals surface area contributed by atoms with E-state index in [0.717, 1.165) is 13.2 Å². The zero-order valence-electron chi connectivity index (χ0n) is 10.5. The third-order valence-electron chi connectivity index (χ3n) is 4.38. The molecule has 3 rings (SSSR count). The van der Waals surface area contributed by atoms with Crippen molar-refractivity contribution in [2.45, 2.75) is 39.0 Å². The summed E-state index contributed by atoms with van der Waals surface area (Å²) >= 11 is 0. The van der Waals surface area contributed by atoms with Gasteiger partial charge in [0.05, 0.1) is 6.10 Å². The van der Waals surface area contributed by atoms with E-state index in [2.05, 4.69) is 36.3 Å². The van der Waals surface area contributed by atoms with E-state index in [1.54, 1.807) is 0 Å². The number of pyridine rings is 1. The van der Waals surface area contributed by atoms with Crippen molar-refractivity contribution < 1.29 is 4.74 Å². The van der Waals surface area contributed by atoms with Gasteiger partial charge in [-0.25, -0.2) is 0 Å². The second-order valence-electron chi connectivity index (χ2n) is 5.78. The predicted octanol–water partition coefficient (Wildman–Crippen LogP) is 1.98. The summed E-state index contributed by atoms with van der Waals surface area (Å²) in [7, 11) is 0. The Kier molecular flexibility index (Phi) is 2.68. The lowest BCUT2D eigenvalue weighted by molar-refractivity contribution is -0.113. The lowest BCUT2D eigenvalue weighted by Crippen LogP contribution is -2.65. The fourth-order valence-corrected chi connectivity index (χ4v) is 3.47. The second kappa shape index (κ2) is 4.07. The normalized spacial score (nSPS) is 34.1. The highest BCUT2D eigenvalue weighted by atomic mass is 16.5. The van der Waals surface area contributed by atoms with E-state index < -0.39 is 0 Å². The molecule has 1 aliphatic heterocycles. The van der Waals surface area contributed by atoms with Gasteiger partial charge in [0.2, 0.25) is 0 Å². The quantitative estimate of drug-likeness (QED) is 0.865. The van der Waals surface area contributed by atoms with Crippen molar-refractivity contribution >= 4 is 0 Å². The molecule has 0 spiro atoms. The van der Waals surface area contributed by atoms with Crippen LogP contribution in [0.4, 0.5) is 0 Å². The topological polar surface area (TPSA) is 34.2 Å². The van der Waals surface area contributed by atoms with Gasteiger partial charge in [0.15, 0.2) is 0 Å². The molecule has 1 saturated heterocycles. The molecule has 2 aliphatic rings. The number of aromatic nitrogens is 1. The largest absolute Gasteiger partial charge is 0.377 e. The van der Waals surface area contributed by atoms with Gasteiger partial charge in [0.1, 0.15) is 0 Å². The van der Waals surface area contributed by atoms with E-state index >= 15 is 0 Å². The van der Waals surface area contributed by atoms with E-state index in [0.29, 0.717) is 18.1 Å². The third kappa shape index (κ3) is 1.78. The molecule has 1 N–H and O–H groups in total. The predicted molar refractivity (Wildman–Crippen MR) is 66.5 cm³/mol. The Hall–Kier alpha value is -0.930. The molecule has 1 aromatic rings. The molecule has 3 heteroatoms. The summed E-state index contributed by atoms with van der Waals surface area (Å²) in [5.41, 5.74) is 1.58. The van der Waals surface area contributed by atoms with Gasteiger partial charge >= 0.3 is 0 Å². The number of fused-ring (bicyclic) bond motifs is 1. The molecule has 1 aromatic heterocycles. The summed E-state index contributed by atoms with van der Waals surface area (Å²) in [6.45, 7) is 6.49. The third-order valence-corrected chi connectivity index (χ3v) is 4.38. The van der Waals surface area contributed by atoms with Crippen LogP contribution in [0.5, 0.6) is 0 Å². The molecule has 2 heterocycles. The van der Waals surface area contributed by atoms with E-state index in [1.165, 1.54) is 12.0 Å². The molecule has 0 bridgehead atoms. The number of hydrogen-bond donors (Lipinski definition) is 1. The monoisotopic (exact) mass is 232 g/mol. The van der Waals surface area contributed by atoms with Gasteiger partial charge in [-0.15, -0.1) is 0 Å². The molecule has 1 saturated carbocycles. The number of nitrogens with one attached hydrogen (secondary N) is 1. The highest BCUT2D eigenvalue weighted by Crippen LogP contribution is 2.52. The summed E-state index contributed by atoms with van der Waals surface area (Å²) in [5, 5.41) is 3.69. The maximum absolute atomic E-state index is 5.80. The van der Waals surface area contributed by atoms with Gasteiger partial charge in [-0.3, -0.25) is 4.98 Å². The summed E-state index contributed by atoms with van der Waals surface area (Å²) < 4.78 is 5.80. The first kappa shape index (κ1) is 11.2. The molecule has 2 fully saturated rings. The molecule has 0 aromatic carbocycles. The molecule has 17 heavy (non-hydrogen) atoms. The Balaban J connectivity index is 1.63. The molecular formula is C14H20N2O. The molecule has 92 valence electrons. The highest BCUT2D eigenvalue weighted by molar-refractivity contribution is 5.14. The lowest BCUT2D eigenvalue weighted by atomic mass is 9.57. The van der Waals surface area contributed by atoms with Crippen LogP contribution in [0, 0.1) is 11.3 Å². The molecule has 1 aliphatic carbocycles. The minimum Gasteiger partial charge on any atom is -0.377 e. The molecule has 0 amide bonds. The molecule has 3 nitrogen and oxygen atoms in total. The number of hydrogen-bond acceptors (Lipinski definition) is 3. The summed E-state index contributed by atoms with van der Waals surface area (Å²) in [5.74, 6) is 0.715. The minimum absolute atomic E-state index is 0.272. The van der Waals surface area contributed by atoms with Gasteiger partial charge in [0, 0.05) is 42.9 Å². The van der Waals surface area contributed by atoms with E-state index in [9.17, 15) is 0 Å². The van der Waals surface area contributed by atoms with Crippen LogP contribution < -0.4 is 5.32 Å². The number of ether oxygens (including phenoxy) is 1. The Labute approximate surface area is 103 Å². The first-order valence-electron chi connectivity index (χ1n) is 6.43. The highest BCUT2D eigenvalue weighted by Gasteiger charge is 2.58. The Bertz CT molecular complexity index is 390. The molecule has 0 radical (unpaired) electrons. The summed E-state index contributed by atoms with van der Waals surface area (Å²) in [6.07, 6.45) is 5.38. The van der Waals surface area contributed by atoms with Crippen LogP contribution in [-0.4, -0.2) is 23.7 Å². The van der Waals surface area contributed by atoms with Gasteiger partial charge in [-0.2, -0.15) is 0 Å². The van der Waals surface area contributed by atoms with Crippen LogP contribution in [0.15, 0.2) is 24.5 Å². The van der Waals surface area contributed by atoms with Crippen molar-refractivity contribution in [1.29, 1.82) is 0 Å². The van der Waals surface area contributed by atoms with Gasteiger partial charge in [-0.05, 0) is 24.1 Å². The maximum atomic E-state index is 5.80.